The minimum absolute atomic E-state index is 0.125. The van der Waals surface area contributed by atoms with Gasteiger partial charge in [-0.05, 0) is 25.0 Å². The zero-order valence-corrected chi connectivity index (χ0v) is 23.0. The Hall–Kier alpha value is -1.92. The van der Waals surface area contributed by atoms with Crippen LogP contribution in [0.2, 0.25) is 0 Å². The first kappa shape index (κ1) is 34.1. The van der Waals surface area contributed by atoms with Crippen LogP contribution in [0.1, 0.15) is 137 Å². The molecule has 0 radical (unpaired) electrons. The number of esters is 2. The first-order valence-electron chi connectivity index (χ1n) is 14.3. The Balaban J connectivity index is 0.00000283. The van der Waals surface area contributed by atoms with Gasteiger partial charge in [0.25, 0.3) is 0 Å². The van der Waals surface area contributed by atoms with Gasteiger partial charge in [-0.2, -0.15) is 0 Å². The van der Waals surface area contributed by atoms with Crippen molar-refractivity contribution in [3.05, 3.63) is 35.4 Å². The molecule has 0 bridgehead atoms. The molecule has 1 rings (SSSR count). The van der Waals surface area contributed by atoms with Crippen LogP contribution in [0.5, 0.6) is 0 Å². The van der Waals surface area contributed by atoms with Gasteiger partial charge in [0.15, 0.2) is 0 Å². The van der Waals surface area contributed by atoms with Gasteiger partial charge in [-0.25, -0.2) is 9.59 Å². The van der Waals surface area contributed by atoms with Crippen LogP contribution in [0, 0.1) is 0 Å². The number of benzene rings is 1. The van der Waals surface area contributed by atoms with Crippen molar-refractivity contribution >= 4 is 11.9 Å². The molecule has 36 heavy (non-hydrogen) atoms. The molecular formula is C30H52O6. The van der Waals surface area contributed by atoms with Crippen LogP contribution in [0.4, 0.5) is 0 Å². The molecule has 1 aromatic rings. The first-order valence-corrected chi connectivity index (χ1v) is 14.3. The highest BCUT2D eigenvalue weighted by atomic mass is 16.5. The summed E-state index contributed by atoms with van der Waals surface area (Å²) in [6, 6.07) is 6.79. The lowest BCUT2D eigenvalue weighted by atomic mass is 10.1. The highest BCUT2D eigenvalue weighted by Crippen LogP contribution is 2.14. The van der Waals surface area contributed by atoms with Crippen LogP contribution < -0.4 is 0 Å². The average molecular weight is 509 g/mol. The Morgan fingerprint density at radius 1 is 0.556 bits per heavy atom. The second kappa shape index (κ2) is 26.2. The van der Waals surface area contributed by atoms with Crippen molar-refractivity contribution < 1.29 is 29.3 Å². The van der Waals surface area contributed by atoms with Crippen molar-refractivity contribution in [2.24, 2.45) is 0 Å². The van der Waals surface area contributed by atoms with Gasteiger partial charge < -0.3 is 19.7 Å². The second-order valence-electron chi connectivity index (χ2n) is 9.21. The number of carbonyl (C=O) groups excluding carboxylic acids is 2. The number of rotatable bonds is 21. The molecule has 0 unspecified atom stereocenters. The summed E-state index contributed by atoms with van der Waals surface area (Å²) in [5.74, 6) is -0.875. The quantitative estimate of drug-likeness (QED) is 0.134. The minimum Gasteiger partial charge on any atom is -0.462 e. The van der Waals surface area contributed by atoms with Gasteiger partial charge in [0.05, 0.1) is 37.6 Å². The van der Waals surface area contributed by atoms with Gasteiger partial charge in [-0.3, -0.25) is 0 Å². The number of hydrogen-bond donors (Lipinski definition) is 2. The highest BCUT2D eigenvalue weighted by molar-refractivity contribution is 6.03. The smallest absolute Gasteiger partial charge is 0.339 e. The zero-order valence-electron chi connectivity index (χ0n) is 23.0. The fourth-order valence-corrected chi connectivity index (χ4v) is 3.80. The van der Waals surface area contributed by atoms with E-state index in [1.807, 2.05) is 0 Å². The molecule has 0 heterocycles. The molecule has 6 nitrogen and oxygen atoms in total. The number of ether oxygens (including phenoxy) is 2. The highest BCUT2D eigenvalue weighted by Gasteiger charge is 2.18. The maximum atomic E-state index is 12.5. The van der Waals surface area contributed by atoms with E-state index in [4.69, 9.17) is 19.7 Å². The molecule has 0 saturated heterocycles. The van der Waals surface area contributed by atoms with E-state index in [1.54, 1.807) is 24.3 Å². The molecule has 0 spiro atoms. The van der Waals surface area contributed by atoms with Crippen LogP contribution in [0.25, 0.3) is 0 Å². The van der Waals surface area contributed by atoms with Crippen LogP contribution in [-0.2, 0) is 9.47 Å². The number of hydrogen-bond acceptors (Lipinski definition) is 6. The third-order valence-corrected chi connectivity index (χ3v) is 5.93. The molecule has 208 valence electrons. The normalized spacial score (nSPS) is 10.4. The molecule has 0 aliphatic carbocycles. The Kier molecular flexibility index (Phi) is 24.8. The first-order chi connectivity index (χ1) is 17.6. The molecule has 0 fully saturated rings. The molecule has 0 atom stereocenters. The fraction of sp³-hybridized carbons (Fsp3) is 0.733. The Labute approximate surface area is 219 Å². The number of carbonyl (C=O) groups is 2. The average Bonchev–Trinajstić information content (AvgIpc) is 2.91. The molecule has 0 amide bonds. The summed E-state index contributed by atoms with van der Waals surface area (Å²) in [6.45, 7) is 5.00. The molecule has 0 aromatic heterocycles. The third-order valence-electron chi connectivity index (χ3n) is 5.93. The van der Waals surface area contributed by atoms with Crippen LogP contribution in [-0.4, -0.2) is 48.6 Å². The Bertz CT molecular complexity index is 591. The van der Waals surface area contributed by atoms with E-state index in [1.165, 1.54) is 77.0 Å². The van der Waals surface area contributed by atoms with E-state index >= 15 is 0 Å². The lowest BCUT2D eigenvalue weighted by Gasteiger charge is -2.10. The van der Waals surface area contributed by atoms with Crippen molar-refractivity contribution in [3.8, 4) is 0 Å². The van der Waals surface area contributed by atoms with Crippen LogP contribution in [0.3, 0.4) is 0 Å². The molecule has 2 N–H and O–H groups in total. The molecule has 0 aliphatic rings. The molecule has 1 aromatic carbocycles. The maximum absolute atomic E-state index is 12.5. The largest absolute Gasteiger partial charge is 0.462 e. The van der Waals surface area contributed by atoms with Crippen molar-refractivity contribution in [2.75, 3.05) is 26.4 Å². The number of aliphatic hydroxyl groups is 2. The maximum Gasteiger partial charge on any atom is 0.339 e. The minimum atomic E-state index is -0.437. The van der Waals surface area contributed by atoms with Crippen LogP contribution >= 0.6 is 0 Å². The van der Waals surface area contributed by atoms with Gasteiger partial charge in [0.2, 0.25) is 0 Å². The zero-order chi connectivity index (χ0) is 26.7. The molecular weight excluding hydrogens is 456 g/mol. The van der Waals surface area contributed by atoms with E-state index in [-0.39, 0.29) is 13.2 Å². The summed E-state index contributed by atoms with van der Waals surface area (Å²) in [6.07, 6.45) is 19.1. The SMILES string of the molecule is CCCCCCCCCCOC(=O)c1ccccc1C(=O)OCCCCCCCCCC.OCCO. The molecule has 0 saturated carbocycles. The summed E-state index contributed by atoms with van der Waals surface area (Å²) in [4.78, 5) is 24.9. The number of aliphatic hydroxyl groups excluding tert-OH is 2. The predicted molar refractivity (Wildman–Crippen MR) is 146 cm³/mol. The van der Waals surface area contributed by atoms with E-state index in [0.717, 1.165) is 25.7 Å². The Morgan fingerprint density at radius 2 is 0.861 bits per heavy atom. The standard InChI is InChI=1S/C28H46O4.C2H6O2/c1-3-5-7-9-11-13-15-19-23-31-27(29)25-21-17-18-22-26(25)28(30)32-24-20-16-14-12-10-8-6-4-2;3-1-2-4/h17-18,21-22H,3-16,19-20,23-24H2,1-2H3;3-4H,1-2H2. The van der Waals surface area contributed by atoms with Gasteiger partial charge in [0, 0.05) is 0 Å². The van der Waals surface area contributed by atoms with Gasteiger partial charge >= 0.3 is 11.9 Å². The summed E-state index contributed by atoms with van der Waals surface area (Å²) in [5.41, 5.74) is 0.598. The summed E-state index contributed by atoms with van der Waals surface area (Å²) < 4.78 is 10.8. The van der Waals surface area contributed by atoms with Crippen molar-refractivity contribution in [1.29, 1.82) is 0 Å². The summed E-state index contributed by atoms with van der Waals surface area (Å²) in [5, 5.41) is 15.2. The van der Waals surface area contributed by atoms with Crippen molar-refractivity contribution in [3.63, 3.8) is 0 Å². The Morgan fingerprint density at radius 3 is 1.17 bits per heavy atom. The fourth-order valence-electron chi connectivity index (χ4n) is 3.80. The van der Waals surface area contributed by atoms with Crippen molar-refractivity contribution in [2.45, 2.75) is 117 Å². The third kappa shape index (κ3) is 19.3. The van der Waals surface area contributed by atoms with Gasteiger partial charge in [0.1, 0.15) is 0 Å². The molecule has 6 heteroatoms. The lowest BCUT2D eigenvalue weighted by molar-refractivity contribution is 0.0450. The van der Waals surface area contributed by atoms with Crippen molar-refractivity contribution in [1.82, 2.24) is 0 Å². The summed E-state index contributed by atoms with van der Waals surface area (Å²) in [7, 11) is 0. The monoisotopic (exact) mass is 508 g/mol. The topological polar surface area (TPSA) is 93.1 Å². The van der Waals surface area contributed by atoms with E-state index in [2.05, 4.69) is 13.8 Å². The van der Waals surface area contributed by atoms with E-state index in [9.17, 15) is 9.59 Å². The van der Waals surface area contributed by atoms with Gasteiger partial charge in [-0.15, -0.1) is 0 Å². The number of unbranched alkanes of at least 4 members (excludes halogenated alkanes) is 14. The van der Waals surface area contributed by atoms with E-state index in [0.29, 0.717) is 24.3 Å². The predicted octanol–water partition coefficient (Wildman–Crippen LogP) is 7.25. The van der Waals surface area contributed by atoms with Crippen LogP contribution in [0.15, 0.2) is 24.3 Å². The second-order valence-corrected chi connectivity index (χ2v) is 9.21. The molecule has 0 aliphatic heterocycles. The summed E-state index contributed by atoms with van der Waals surface area (Å²) >= 11 is 0. The van der Waals surface area contributed by atoms with E-state index < -0.39 is 11.9 Å². The van der Waals surface area contributed by atoms with Gasteiger partial charge in [-0.1, -0.05) is 116 Å². The lowest BCUT2D eigenvalue weighted by Crippen LogP contribution is -2.15.